The topological polar surface area (TPSA) is 92.7 Å². The third kappa shape index (κ3) is 4.29. The third-order valence-electron chi connectivity index (χ3n) is 2.17. The number of ether oxygens (including phenoxy) is 1. The largest absolute Gasteiger partial charge is 0.480 e. The van der Waals surface area contributed by atoms with Gasteiger partial charge in [0.15, 0.2) is 0 Å². The molecule has 6 nitrogen and oxygen atoms in total. The quantitative estimate of drug-likeness (QED) is 0.421. The van der Waals surface area contributed by atoms with Crippen LogP contribution in [0.15, 0.2) is 24.3 Å². The van der Waals surface area contributed by atoms with Crippen LogP contribution in [0.2, 0.25) is 0 Å². The number of hydrogen-bond acceptors (Lipinski definition) is 5. The Hall–Kier alpha value is -2.02. The average molecular weight is 283 g/mol. The molecule has 0 saturated heterocycles. The Labute approximate surface area is 115 Å². The number of carboxylic acids is 1. The molecule has 0 radical (unpaired) electrons. The van der Waals surface area contributed by atoms with Crippen molar-refractivity contribution >= 4 is 30.5 Å². The highest BCUT2D eigenvalue weighted by Crippen LogP contribution is 2.18. The molecule has 7 heteroatoms. The minimum absolute atomic E-state index is 0.0448. The standard InChI is InChI=1S/C12H13NO5S/c1-7(14)18-10-5-3-2-4-8(10)11(15)13-9(6-19)12(16)17/h2-5,9,19H,6H2,1H3,(H,13,15)(H,16,17)/t9-/m0/s1. The number of hydrogen-bond donors (Lipinski definition) is 3. The lowest BCUT2D eigenvalue weighted by Gasteiger charge is -2.13. The monoisotopic (exact) mass is 283 g/mol. The number of para-hydroxylation sites is 1. The zero-order chi connectivity index (χ0) is 14.4. The maximum absolute atomic E-state index is 11.9. The first-order valence-corrected chi connectivity index (χ1v) is 6.01. The molecule has 1 atom stereocenters. The first-order valence-electron chi connectivity index (χ1n) is 5.37. The van der Waals surface area contributed by atoms with Gasteiger partial charge in [-0.15, -0.1) is 0 Å². The van der Waals surface area contributed by atoms with Crippen LogP contribution >= 0.6 is 12.6 Å². The molecular weight excluding hydrogens is 270 g/mol. The Morgan fingerprint density at radius 3 is 2.53 bits per heavy atom. The number of nitrogens with one attached hydrogen (secondary N) is 1. The zero-order valence-electron chi connectivity index (χ0n) is 10.1. The number of carbonyl (C=O) groups excluding carboxylic acids is 2. The van der Waals surface area contributed by atoms with Gasteiger partial charge < -0.3 is 15.2 Å². The van der Waals surface area contributed by atoms with Crippen LogP contribution in [0.4, 0.5) is 0 Å². The summed E-state index contributed by atoms with van der Waals surface area (Å²) >= 11 is 3.84. The van der Waals surface area contributed by atoms with Crippen molar-refractivity contribution in [1.82, 2.24) is 5.32 Å². The van der Waals surface area contributed by atoms with Crippen molar-refractivity contribution < 1.29 is 24.2 Å². The van der Waals surface area contributed by atoms with Gasteiger partial charge in [-0.25, -0.2) is 4.79 Å². The maximum atomic E-state index is 11.9. The predicted molar refractivity (Wildman–Crippen MR) is 70.5 cm³/mol. The summed E-state index contributed by atoms with van der Waals surface area (Å²) in [4.78, 5) is 33.6. The van der Waals surface area contributed by atoms with Gasteiger partial charge in [-0.2, -0.15) is 12.6 Å². The molecule has 0 unspecified atom stereocenters. The van der Waals surface area contributed by atoms with Crippen molar-refractivity contribution in [2.75, 3.05) is 5.75 Å². The number of esters is 1. The minimum atomic E-state index is -1.19. The minimum Gasteiger partial charge on any atom is -0.480 e. The SMILES string of the molecule is CC(=O)Oc1ccccc1C(=O)N[C@@H](CS)C(=O)O. The normalized spacial score (nSPS) is 11.5. The smallest absolute Gasteiger partial charge is 0.327 e. The van der Waals surface area contributed by atoms with E-state index in [4.69, 9.17) is 9.84 Å². The third-order valence-corrected chi connectivity index (χ3v) is 2.54. The van der Waals surface area contributed by atoms with Crippen molar-refractivity contribution in [3.05, 3.63) is 29.8 Å². The Bertz CT molecular complexity index is 503. The first-order chi connectivity index (χ1) is 8.95. The van der Waals surface area contributed by atoms with Gasteiger partial charge in [-0.3, -0.25) is 9.59 Å². The second-order valence-corrected chi connectivity index (χ2v) is 4.00. The van der Waals surface area contributed by atoms with Crippen molar-refractivity contribution in [3.63, 3.8) is 0 Å². The number of amides is 1. The average Bonchev–Trinajstić information content (AvgIpc) is 2.35. The molecule has 0 aliphatic heterocycles. The first kappa shape index (κ1) is 15.0. The van der Waals surface area contributed by atoms with Crippen molar-refractivity contribution in [3.8, 4) is 5.75 Å². The highest BCUT2D eigenvalue weighted by molar-refractivity contribution is 7.80. The summed E-state index contributed by atoms with van der Waals surface area (Å²) < 4.78 is 4.88. The Morgan fingerprint density at radius 1 is 1.37 bits per heavy atom. The van der Waals surface area contributed by atoms with E-state index in [0.29, 0.717) is 0 Å². The van der Waals surface area contributed by atoms with Crippen LogP contribution in [0.1, 0.15) is 17.3 Å². The molecule has 1 rings (SSSR count). The van der Waals surface area contributed by atoms with E-state index in [0.717, 1.165) is 0 Å². The van der Waals surface area contributed by atoms with E-state index in [1.54, 1.807) is 12.1 Å². The van der Waals surface area contributed by atoms with Gasteiger partial charge in [-0.1, -0.05) is 12.1 Å². The molecule has 0 bridgehead atoms. The molecule has 1 aromatic rings. The fourth-order valence-corrected chi connectivity index (χ4v) is 1.57. The second kappa shape index (κ2) is 6.79. The van der Waals surface area contributed by atoms with Gasteiger partial charge in [0.05, 0.1) is 5.56 Å². The summed E-state index contributed by atoms with van der Waals surface area (Å²) in [6.45, 7) is 1.21. The van der Waals surface area contributed by atoms with Crippen LogP contribution in [0.25, 0.3) is 0 Å². The molecule has 0 fully saturated rings. The summed E-state index contributed by atoms with van der Waals surface area (Å²) in [5.74, 6) is -2.36. The number of carbonyl (C=O) groups is 3. The van der Waals surface area contributed by atoms with Gasteiger partial charge >= 0.3 is 11.9 Å². The van der Waals surface area contributed by atoms with Crippen LogP contribution in [0.5, 0.6) is 5.75 Å². The molecule has 2 N–H and O–H groups in total. The number of benzene rings is 1. The van der Waals surface area contributed by atoms with Crippen LogP contribution in [-0.4, -0.2) is 34.7 Å². The van der Waals surface area contributed by atoms with E-state index in [2.05, 4.69) is 17.9 Å². The fraction of sp³-hybridized carbons (Fsp3) is 0.250. The zero-order valence-corrected chi connectivity index (χ0v) is 11.0. The summed E-state index contributed by atoms with van der Waals surface area (Å²) in [6.07, 6.45) is 0. The summed E-state index contributed by atoms with van der Waals surface area (Å²) in [7, 11) is 0. The lowest BCUT2D eigenvalue weighted by molar-refractivity contribution is -0.138. The highest BCUT2D eigenvalue weighted by Gasteiger charge is 2.21. The Kier molecular flexibility index (Phi) is 5.37. The van der Waals surface area contributed by atoms with Crippen molar-refractivity contribution in [2.45, 2.75) is 13.0 Å². The molecule has 1 aromatic carbocycles. The molecular formula is C12H13NO5S. The molecule has 0 saturated carbocycles. The molecule has 0 spiro atoms. The van der Waals surface area contributed by atoms with Gasteiger partial charge in [0.25, 0.3) is 5.91 Å². The van der Waals surface area contributed by atoms with E-state index in [1.165, 1.54) is 19.1 Å². The number of thiol groups is 1. The van der Waals surface area contributed by atoms with Crippen LogP contribution in [0, 0.1) is 0 Å². The van der Waals surface area contributed by atoms with Gasteiger partial charge in [-0.05, 0) is 12.1 Å². The second-order valence-electron chi connectivity index (χ2n) is 3.64. The molecule has 0 aliphatic rings. The molecule has 0 aliphatic carbocycles. The van der Waals surface area contributed by atoms with Gasteiger partial charge in [0.1, 0.15) is 11.8 Å². The van der Waals surface area contributed by atoms with E-state index in [1.807, 2.05) is 0 Å². The predicted octanol–water partition coefficient (Wildman–Crippen LogP) is 0.725. The van der Waals surface area contributed by atoms with Crippen LogP contribution < -0.4 is 10.1 Å². The Morgan fingerprint density at radius 2 is 2.00 bits per heavy atom. The summed E-state index contributed by atoms with van der Waals surface area (Å²) in [5.41, 5.74) is 0.0886. The number of aliphatic carboxylic acids is 1. The summed E-state index contributed by atoms with van der Waals surface area (Å²) in [5, 5.41) is 11.1. The molecule has 0 heterocycles. The Balaban J connectivity index is 2.93. The molecule has 102 valence electrons. The van der Waals surface area contributed by atoms with Crippen LogP contribution in [0.3, 0.4) is 0 Å². The van der Waals surface area contributed by atoms with E-state index < -0.39 is 23.9 Å². The van der Waals surface area contributed by atoms with Crippen molar-refractivity contribution in [2.24, 2.45) is 0 Å². The number of carboxylic acid groups (broad SMARTS) is 1. The highest BCUT2D eigenvalue weighted by atomic mass is 32.1. The number of rotatable bonds is 5. The van der Waals surface area contributed by atoms with E-state index in [9.17, 15) is 14.4 Å². The maximum Gasteiger partial charge on any atom is 0.327 e. The lowest BCUT2D eigenvalue weighted by atomic mass is 10.1. The van der Waals surface area contributed by atoms with Crippen LogP contribution in [-0.2, 0) is 9.59 Å². The molecule has 19 heavy (non-hydrogen) atoms. The van der Waals surface area contributed by atoms with Gasteiger partial charge in [0.2, 0.25) is 0 Å². The van der Waals surface area contributed by atoms with Gasteiger partial charge in [0, 0.05) is 12.7 Å². The van der Waals surface area contributed by atoms with E-state index >= 15 is 0 Å². The molecule has 1 amide bonds. The lowest BCUT2D eigenvalue weighted by Crippen LogP contribution is -2.42. The summed E-state index contributed by atoms with van der Waals surface area (Å²) in [6, 6.07) is 4.96. The molecule has 0 aromatic heterocycles. The fourth-order valence-electron chi connectivity index (χ4n) is 1.32. The van der Waals surface area contributed by atoms with E-state index in [-0.39, 0.29) is 17.1 Å². The van der Waals surface area contributed by atoms with Crippen molar-refractivity contribution in [1.29, 1.82) is 0 Å².